The second-order valence-corrected chi connectivity index (χ2v) is 3.71. The molecule has 0 unspecified atom stereocenters. The molecule has 1 amide bonds. The third-order valence-electron chi connectivity index (χ3n) is 2.20. The highest BCUT2D eigenvalue weighted by Gasteiger charge is 2.14. The highest BCUT2D eigenvalue weighted by atomic mass is 16.4. The van der Waals surface area contributed by atoms with Crippen LogP contribution in [0, 0.1) is 6.92 Å². The Kier molecular flexibility index (Phi) is 3.09. The molecule has 2 aromatic heterocycles. The van der Waals surface area contributed by atoms with Crippen LogP contribution in [0.3, 0.4) is 0 Å². The highest BCUT2D eigenvalue weighted by molar-refractivity contribution is 6.03. The zero-order valence-electron chi connectivity index (χ0n) is 9.51. The Hall–Kier alpha value is -2.63. The summed E-state index contributed by atoms with van der Waals surface area (Å²) in [6, 6.07) is 2.91. The molecule has 0 aliphatic rings. The van der Waals surface area contributed by atoms with E-state index in [4.69, 9.17) is 9.52 Å². The standard InChI is InChI=1S/C12H10N2O4/c1-7-2-9(5-13-4-7)14-11(15)10-3-8(6-18-10)12(16)17/h2-6H,1H3,(H,14,15)(H,16,17). The van der Waals surface area contributed by atoms with Crippen LogP contribution in [-0.2, 0) is 0 Å². The van der Waals surface area contributed by atoms with Gasteiger partial charge < -0.3 is 14.8 Å². The normalized spacial score (nSPS) is 10.1. The summed E-state index contributed by atoms with van der Waals surface area (Å²) < 4.78 is 4.88. The average molecular weight is 246 g/mol. The fourth-order valence-electron chi connectivity index (χ4n) is 1.38. The van der Waals surface area contributed by atoms with E-state index in [0.717, 1.165) is 11.8 Å². The molecule has 18 heavy (non-hydrogen) atoms. The number of amides is 1. The molecule has 0 aliphatic heterocycles. The van der Waals surface area contributed by atoms with Gasteiger partial charge in [0, 0.05) is 12.3 Å². The van der Waals surface area contributed by atoms with Gasteiger partial charge in [0.1, 0.15) is 6.26 Å². The maximum Gasteiger partial charge on any atom is 0.338 e. The second kappa shape index (κ2) is 4.70. The van der Waals surface area contributed by atoms with E-state index in [0.29, 0.717) is 5.69 Å². The van der Waals surface area contributed by atoms with E-state index < -0.39 is 11.9 Å². The number of hydrogen-bond donors (Lipinski definition) is 2. The van der Waals surface area contributed by atoms with Crippen molar-refractivity contribution in [2.24, 2.45) is 0 Å². The van der Waals surface area contributed by atoms with Crippen molar-refractivity contribution >= 4 is 17.6 Å². The Morgan fingerprint density at radius 3 is 2.72 bits per heavy atom. The summed E-state index contributed by atoms with van der Waals surface area (Å²) in [4.78, 5) is 26.3. The number of aromatic nitrogens is 1. The van der Waals surface area contributed by atoms with Gasteiger partial charge in [-0.05, 0) is 18.6 Å². The number of aromatic carboxylic acids is 1. The van der Waals surface area contributed by atoms with Crippen molar-refractivity contribution in [2.75, 3.05) is 5.32 Å². The maximum absolute atomic E-state index is 11.7. The summed E-state index contributed by atoms with van der Waals surface area (Å²) in [6.07, 6.45) is 4.17. The summed E-state index contributed by atoms with van der Waals surface area (Å²) in [6.45, 7) is 1.85. The van der Waals surface area contributed by atoms with Gasteiger partial charge in [-0.3, -0.25) is 9.78 Å². The predicted octanol–water partition coefficient (Wildman–Crippen LogP) is 1.93. The number of carbonyl (C=O) groups is 2. The number of rotatable bonds is 3. The zero-order chi connectivity index (χ0) is 13.1. The molecule has 0 spiro atoms. The van der Waals surface area contributed by atoms with Crippen LogP contribution < -0.4 is 5.32 Å². The Bertz CT molecular complexity index is 604. The van der Waals surface area contributed by atoms with Crippen LogP contribution in [0.4, 0.5) is 5.69 Å². The van der Waals surface area contributed by atoms with Crippen LogP contribution >= 0.6 is 0 Å². The lowest BCUT2D eigenvalue weighted by atomic mass is 10.3. The topological polar surface area (TPSA) is 92.4 Å². The molecule has 0 aromatic carbocycles. The van der Waals surface area contributed by atoms with Crippen molar-refractivity contribution in [3.05, 3.63) is 47.7 Å². The third-order valence-corrected chi connectivity index (χ3v) is 2.20. The molecule has 2 rings (SSSR count). The largest absolute Gasteiger partial charge is 0.478 e. The predicted molar refractivity (Wildman–Crippen MR) is 62.6 cm³/mol. The molecule has 0 saturated heterocycles. The van der Waals surface area contributed by atoms with Gasteiger partial charge in [-0.1, -0.05) is 0 Å². The lowest BCUT2D eigenvalue weighted by Crippen LogP contribution is -2.11. The fourth-order valence-corrected chi connectivity index (χ4v) is 1.38. The molecule has 0 saturated carbocycles. The Morgan fingerprint density at radius 2 is 2.11 bits per heavy atom. The minimum atomic E-state index is -1.14. The monoisotopic (exact) mass is 246 g/mol. The molecular formula is C12H10N2O4. The highest BCUT2D eigenvalue weighted by Crippen LogP contribution is 2.12. The van der Waals surface area contributed by atoms with Crippen LogP contribution in [0.25, 0.3) is 0 Å². The molecule has 0 fully saturated rings. The van der Waals surface area contributed by atoms with Crippen LogP contribution in [0.2, 0.25) is 0 Å². The first-order valence-corrected chi connectivity index (χ1v) is 5.11. The van der Waals surface area contributed by atoms with Crippen molar-refractivity contribution in [3.8, 4) is 0 Å². The Labute approximate surface area is 102 Å². The smallest absolute Gasteiger partial charge is 0.338 e. The van der Waals surface area contributed by atoms with Crippen LogP contribution in [-0.4, -0.2) is 22.0 Å². The number of carboxylic acids is 1. The number of anilines is 1. The molecule has 2 aromatic rings. The quantitative estimate of drug-likeness (QED) is 0.863. The van der Waals surface area contributed by atoms with Gasteiger partial charge in [0.2, 0.25) is 0 Å². The number of nitrogens with zero attached hydrogens (tertiary/aromatic N) is 1. The summed E-state index contributed by atoms with van der Waals surface area (Å²) >= 11 is 0. The number of hydrogen-bond acceptors (Lipinski definition) is 4. The number of carboxylic acid groups (broad SMARTS) is 1. The molecule has 0 bridgehead atoms. The van der Waals surface area contributed by atoms with Gasteiger partial charge in [0.15, 0.2) is 5.76 Å². The van der Waals surface area contributed by atoms with Gasteiger partial charge in [-0.15, -0.1) is 0 Å². The summed E-state index contributed by atoms with van der Waals surface area (Å²) in [7, 11) is 0. The molecule has 2 heterocycles. The van der Waals surface area contributed by atoms with E-state index in [1.165, 1.54) is 12.3 Å². The lowest BCUT2D eigenvalue weighted by molar-refractivity contribution is 0.0696. The minimum absolute atomic E-state index is 0.0612. The Morgan fingerprint density at radius 1 is 1.33 bits per heavy atom. The third kappa shape index (κ3) is 2.54. The number of furan rings is 1. The van der Waals surface area contributed by atoms with Gasteiger partial charge in [0.25, 0.3) is 5.91 Å². The van der Waals surface area contributed by atoms with Crippen LogP contribution in [0.5, 0.6) is 0 Å². The van der Waals surface area contributed by atoms with Crippen molar-refractivity contribution in [1.29, 1.82) is 0 Å². The summed E-state index contributed by atoms with van der Waals surface area (Å²) in [5.74, 6) is -1.72. The fraction of sp³-hybridized carbons (Fsp3) is 0.0833. The number of carbonyl (C=O) groups excluding carboxylic acids is 1. The van der Waals surface area contributed by atoms with Crippen molar-refractivity contribution in [1.82, 2.24) is 4.98 Å². The molecule has 6 nitrogen and oxygen atoms in total. The van der Waals surface area contributed by atoms with Gasteiger partial charge in [-0.25, -0.2) is 4.79 Å². The number of aryl methyl sites for hydroxylation is 1. The maximum atomic E-state index is 11.7. The summed E-state index contributed by atoms with van der Waals surface area (Å²) in [5, 5.41) is 11.3. The zero-order valence-corrected chi connectivity index (χ0v) is 9.51. The molecule has 92 valence electrons. The van der Waals surface area contributed by atoms with Gasteiger partial charge in [-0.2, -0.15) is 0 Å². The lowest BCUT2D eigenvalue weighted by Gasteiger charge is -2.02. The van der Waals surface area contributed by atoms with E-state index >= 15 is 0 Å². The first kappa shape index (κ1) is 11.8. The van der Waals surface area contributed by atoms with E-state index in [9.17, 15) is 9.59 Å². The van der Waals surface area contributed by atoms with E-state index in [2.05, 4.69) is 10.3 Å². The Balaban J connectivity index is 2.14. The average Bonchev–Trinajstić information content (AvgIpc) is 2.78. The summed E-state index contributed by atoms with van der Waals surface area (Å²) in [5.41, 5.74) is 1.36. The molecule has 0 atom stereocenters. The van der Waals surface area contributed by atoms with Crippen LogP contribution in [0.1, 0.15) is 26.5 Å². The van der Waals surface area contributed by atoms with E-state index in [1.54, 1.807) is 12.3 Å². The molecule has 0 aliphatic carbocycles. The first-order chi connectivity index (χ1) is 8.56. The van der Waals surface area contributed by atoms with E-state index in [-0.39, 0.29) is 11.3 Å². The van der Waals surface area contributed by atoms with Gasteiger partial charge >= 0.3 is 5.97 Å². The van der Waals surface area contributed by atoms with Crippen molar-refractivity contribution in [2.45, 2.75) is 6.92 Å². The molecular weight excluding hydrogens is 236 g/mol. The van der Waals surface area contributed by atoms with E-state index in [1.807, 2.05) is 6.92 Å². The van der Waals surface area contributed by atoms with Crippen molar-refractivity contribution < 1.29 is 19.1 Å². The van der Waals surface area contributed by atoms with Crippen LogP contribution in [0.15, 0.2) is 35.2 Å². The number of nitrogens with one attached hydrogen (secondary N) is 1. The second-order valence-electron chi connectivity index (χ2n) is 3.71. The SMILES string of the molecule is Cc1cncc(NC(=O)c2cc(C(=O)O)co2)c1. The van der Waals surface area contributed by atoms with Gasteiger partial charge in [0.05, 0.1) is 17.4 Å². The minimum Gasteiger partial charge on any atom is -0.478 e. The first-order valence-electron chi connectivity index (χ1n) is 5.11. The number of pyridine rings is 1. The molecule has 2 N–H and O–H groups in total. The molecule has 0 radical (unpaired) electrons. The molecule has 6 heteroatoms. The van der Waals surface area contributed by atoms with Crippen molar-refractivity contribution in [3.63, 3.8) is 0 Å².